The molecule has 0 N–H and O–H groups in total. The second-order valence-corrected chi connectivity index (χ2v) is 5.58. The summed E-state index contributed by atoms with van der Waals surface area (Å²) < 4.78 is 8.17. The number of rotatable bonds is 0. The molecular weight excluding hydrogens is 258 g/mol. The van der Waals surface area contributed by atoms with E-state index in [1.807, 2.05) is 24.5 Å². The predicted molar refractivity (Wildman–Crippen MR) is 71.9 cm³/mol. The summed E-state index contributed by atoms with van der Waals surface area (Å²) in [4.78, 5) is 9.55. The standard InChI is InChI=1S/C14H8N3OS/c1-2-8-7-17-12-9-3-5-15-6-10(9)18-14(12)19-13(17)11(8)16-4-1/h1-6H,7H2/q+1. The summed E-state index contributed by atoms with van der Waals surface area (Å²) in [6.07, 6.45) is 5.43. The van der Waals surface area contributed by atoms with Gasteiger partial charge in [-0.15, -0.1) is 0 Å². The number of nitrogens with zero attached hydrogens (tertiary/aromatic N) is 3. The first-order valence-corrected chi connectivity index (χ1v) is 6.86. The van der Waals surface area contributed by atoms with E-state index in [0.717, 1.165) is 33.6 Å². The number of aromatic nitrogens is 3. The molecular formula is C14H8N3OS+. The Balaban J connectivity index is 1.94. The Morgan fingerprint density at radius 3 is 3.26 bits per heavy atom. The molecule has 4 aromatic rings. The van der Waals surface area contributed by atoms with Crippen LogP contribution >= 0.6 is 11.3 Å². The van der Waals surface area contributed by atoms with Crippen molar-refractivity contribution in [3.05, 3.63) is 42.4 Å². The zero-order chi connectivity index (χ0) is 12.4. The lowest BCUT2D eigenvalue weighted by atomic mass is 10.2. The van der Waals surface area contributed by atoms with Crippen LogP contribution < -0.4 is 4.57 Å². The van der Waals surface area contributed by atoms with Crippen molar-refractivity contribution < 1.29 is 8.98 Å². The van der Waals surface area contributed by atoms with Crippen molar-refractivity contribution >= 4 is 32.7 Å². The second-order valence-electron chi connectivity index (χ2n) is 4.61. The number of hydrogen-bond acceptors (Lipinski definition) is 4. The van der Waals surface area contributed by atoms with Crippen molar-refractivity contribution in [3.8, 4) is 10.7 Å². The maximum Gasteiger partial charge on any atom is 0.292 e. The van der Waals surface area contributed by atoms with Gasteiger partial charge in [-0.05, 0) is 29.5 Å². The highest BCUT2D eigenvalue weighted by Gasteiger charge is 2.35. The van der Waals surface area contributed by atoms with Crippen molar-refractivity contribution in [1.82, 2.24) is 9.97 Å². The Labute approximate surface area is 112 Å². The van der Waals surface area contributed by atoms with Gasteiger partial charge >= 0.3 is 0 Å². The lowest BCUT2D eigenvalue weighted by Gasteiger charge is -1.88. The molecule has 19 heavy (non-hydrogen) atoms. The molecule has 0 atom stereocenters. The molecule has 0 unspecified atom stereocenters. The molecule has 0 spiro atoms. The van der Waals surface area contributed by atoms with Crippen LogP contribution in [0.1, 0.15) is 5.56 Å². The smallest absolute Gasteiger partial charge is 0.292 e. The Morgan fingerprint density at radius 1 is 1.26 bits per heavy atom. The number of hydrogen-bond donors (Lipinski definition) is 0. The van der Waals surface area contributed by atoms with Crippen LogP contribution in [-0.2, 0) is 6.54 Å². The molecule has 90 valence electrons. The van der Waals surface area contributed by atoms with Crippen molar-refractivity contribution in [2.45, 2.75) is 6.54 Å². The summed E-state index contributed by atoms with van der Waals surface area (Å²) >= 11 is 1.66. The topological polar surface area (TPSA) is 42.8 Å². The van der Waals surface area contributed by atoms with E-state index in [1.54, 1.807) is 17.5 Å². The minimum absolute atomic E-state index is 0.850. The average Bonchev–Trinajstić information content (AvgIpc) is 3.05. The van der Waals surface area contributed by atoms with E-state index in [1.165, 1.54) is 10.6 Å². The fourth-order valence-electron chi connectivity index (χ4n) is 2.74. The summed E-state index contributed by atoms with van der Waals surface area (Å²) in [5.41, 5.74) is 4.37. The number of pyridine rings is 2. The molecule has 5 heteroatoms. The van der Waals surface area contributed by atoms with E-state index in [-0.39, 0.29) is 0 Å². The molecule has 1 aliphatic heterocycles. The number of fused-ring (bicyclic) bond motifs is 7. The van der Waals surface area contributed by atoms with Gasteiger partial charge in [0.15, 0.2) is 17.8 Å². The van der Waals surface area contributed by atoms with Crippen LogP contribution in [0.25, 0.3) is 32.1 Å². The molecule has 1 aliphatic rings. The Hall–Kier alpha value is -2.27. The van der Waals surface area contributed by atoms with Crippen LogP contribution in [0.5, 0.6) is 0 Å². The van der Waals surface area contributed by atoms with Gasteiger partial charge in [-0.3, -0.25) is 4.98 Å². The molecule has 5 rings (SSSR count). The molecule has 0 fully saturated rings. The second kappa shape index (κ2) is 3.19. The van der Waals surface area contributed by atoms with E-state index in [4.69, 9.17) is 4.42 Å². The van der Waals surface area contributed by atoms with Crippen LogP contribution in [0, 0.1) is 0 Å². The molecule has 4 nitrogen and oxygen atoms in total. The summed E-state index contributed by atoms with van der Waals surface area (Å²) in [6, 6.07) is 6.14. The molecule has 0 amide bonds. The zero-order valence-electron chi connectivity index (χ0n) is 9.83. The normalized spacial score (nSPS) is 13.1. The Kier molecular flexibility index (Phi) is 1.62. The first-order chi connectivity index (χ1) is 9.42. The zero-order valence-corrected chi connectivity index (χ0v) is 10.6. The van der Waals surface area contributed by atoms with E-state index < -0.39 is 0 Å². The number of thiazole rings is 1. The lowest BCUT2D eigenvalue weighted by molar-refractivity contribution is -0.641. The predicted octanol–water partition coefficient (Wildman–Crippen LogP) is 2.75. The lowest BCUT2D eigenvalue weighted by Crippen LogP contribution is -2.30. The van der Waals surface area contributed by atoms with Gasteiger partial charge < -0.3 is 4.42 Å². The fraction of sp³-hybridized carbons (Fsp3) is 0.0714. The van der Waals surface area contributed by atoms with Gasteiger partial charge in [-0.1, -0.05) is 0 Å². The highest BCUT2D eigenvalue weighted by atomic mass is 32.1. The van der Waals surface area contributed by atoms with Gasteiger partial charge in [0.25, 0.3) is 15.4 Å². The molecule has 0 bridgehead atoms. The molecule has 5 heterocycles. The third-order valence-corrected chi connectivity index (χ3v) is 4.63. The molecule has 0 aliphatic carbocycles. The van der Waals surface area contributed by atoms with Crippen molar-refractivity contribution in [3.63, 3.8) is 0 Å². The van der Waals surface area contributed by atoms with Crippen molar-refractivity contribution in [2.24, 2.45) is 0 Å². The third-order valence-electron chi connectivity index (χ3n) is 3.56. The van der Waals surface area contributed by atoms with Crippen molar-refractivity contribution in [2.75, 3.05) is 0 Å². The van der Waals surface area contributed by atoms with E-state index in [0.29, 0.717) is 0 Å². The minimum Gasteiger partial charge on any atom is -0.437 e. The summed E-state index contributed by atoms with van der Waals surface area (Å²) in [7, 11) is 0. The van der Waals surface area contributed by atoms with Gasteiger partial charge in [0.1, 0.15) is 0 Å². The molecule has 0 aromatic carbocycles. The van der Waals surface area contributed by atoms with Gasteiger partial charge in [0.2, 0.25) is 0 Å². The maximum absolute atomic E-state index is 5.87. The largest absolute Gasteiger partial charge is 0.437 e. The highest BCUT2D eigenvalue weighted by Crippen LogP contribution is 2.38. The van der Waals surface area contributed by atoms with E-state index in [2.05, 4.69) is 20.6 Å². The first kappa shape index (κ1) is 9.63. The SMILES string of the molecule is c1cnc2c(c1)C[n+]1c-2sc2oc3cnccc3c21. The van der Waals surface area contributed by atoms with Gasteiger partial charge in [-0.25, -0.2) is 4.98 Å². The quantitative estimate of drug-likeness (QED) is 0.405. The van der Waals surface area contributed by atoms with Crippen LogP contribution in [-0.4, -0.2) is 9.97 Å². The van der Waals surface area contributed by atoms with Crippen LogP contribution in [0.15, 0.2) is 41.2 Å². The average molecular weight is 266 g/mol. The fourth-order valence-corrected chi connectivity index (χ4v) is 3.91. The van der Waals surface area contributed by atoms with Gasteiger partial charge in [0.05, 0.1) is 17.1 Å². The molecule has 0 radical (unpaired) electrons. The molecule has 0 saturated carbocycles. The maximum atomic E-state index is 5.87. The summed E-state index contributed by atoms with van der Waals surface area (Å²) in [6.45, 7) is 0.870. The summed E-state index contributed by atoms with van der Waals surface area (Å²) in [5.74, 6) is 0. The number of furan rings is 1. The van der Waals surface area contributed by atoms with Gasteiger partial charge in [0, 0.05) is 12.4 Å². The highest BCUT2D eigenvalue weighted by molar-refractivity contribution is 7.20. The Morgan fingerprint density at radius 2 is 2.26 bits per heavy atom. The Bertz CT molecular complexity index is 954. The third kappa shape index (κ3) is 1.11. The minimum atomic E-state index is 0.850. The van der Waals surface area contributed by atoms with Crippen LogP contribution in [0.3, 0.4) is 0 Å². The monoisotopic (exact) mass is 266 g/mol. The molecule has 0 saturated heterocycles. The van der Waals surface area contributed by atoms with Gasteiger partial charge in [-0.2, -0.15) is 4.57 Å². The summed E-state index contributed by atoms with van der Waals surface area (Å²) in [5, 5.41) is 2.31. The van der Waals surface area contributed by atoms with E-state index in [9.17, 15) is 0 Å². The first-order valence-electron chi connectivity index (χ1n) is 6.05. The van der Waals surface area contributed by atoms with Crippen LogP contribution in [0.2, 0.25) is 0 Å². The molecule has 4 aromatic heterocycles. The van der Waals surface area contributed by atoms with Crippen LogP contribution in [0.4, 0.5) is 0 Å². The van der Waals surface area contributed by atoms with E-state index >= 15 is 0 Å². The van der Waals surface area contributed by atoms with Crippen molar-refractivity contribution in [1.29, 1.82) is 0 Å².